The minimum atomic E-state index is -0.465. The second-order valence-electron chi connectivity index (χ2n) is 5.81. The summed E-state index contributed by atoms with van der Waals surface area (Å²) < 4.78 is 12.0. The van der Waals surface area contributed by atoms with Crippen molar-refractivity contribution >= 4 is 29.9 Å². The van der Waals surface area contributed by atoms with Gasteiger partial charge in [-0.15, -0.1) is 0 Å². The third kappa shape index (κ3) is 2.13. The van der Waals surface area contributed by atoms with Gasteiger partial charge in [-0.3, -0.25) is 0 Å². The lowest BCUT2D eigenvalue weighted by Gasteiger charge is -2.32. The van der Waals surface area contributed by atoms with Crippen molar-refractivity contribution in [3.63, 3.8) is 0 Å². The van der Waals surface area contributed by atoms with Crippen LogP contribution in [0, 0.1) is 6.92 Å². The summed E-state index contributed by atoms with van der Waals surface area (Å²) in [4.78, 5) is 0. The van der Waals surface area contributed by atoms with Crippen LogP contribution in [0.3, 0.4) is 0 Å². The van der Waals surface area contributed by atoms with Gasteiger partial charge < -0.3 is 15.0 Å². The van der Waals surface area contributed by atoms with Crippen LogP contribution in [0.5, 0.6) is 0 Å². The molecule has 3 nitrogen and oxygen atoms in total. The van der Waals surface area contributed by atoms with Gasteiger partial charge in [-0.05, 0) is 52.3 Å². The number of nitrogen functional groups attached to an aromatic ring is 1. The highest BCUT2D eigenvalue weighted by atomic mass is 35.5. The van der Waals surface area contributed by atoms with Crippen LogP contribution in [-0.2, 0) is 9.31 Å². The Morgan fingerprint density at radius 3 is 2.11 bits per heavy atom. The minimum Gasteiger partial charge on any atom is -0.399 e. The Labute approximate surface area is 114 Å². The molecule has 1 aliphatic rings. The van der Waals surface area contributed by atoms with E-state index in [0.29, 0.717) is 10.7 Å². The zero-order valence-electron chi connectivity index (χ0n) is 11.5. The predicted octanol–water partition coefficient (Wildman–Crippen LogP) is 2.53. The lowest BCUT2D eigenvalue weighted by atomic mass is 9.77. The highest BCUT2D eigenvalue weighted by molar-refractivity contribution is 6.64. The summed E-state index contributed by atoms with van der Waals surface area (Å²) in [6.07, 6.45) is 0. The molecule has 0 amide bonds. The van der Waals surface area contributed by atoms with Crippen LogP contribution < -0.4 is 11.2 Å². The first kappa shape index (κ1) is 13.7. The van der Waals surface area contributed by atoms with Crippen molar-refractivity contribution in [2.24, 2.45) is 0 Å². The Kier molecular flexibility index (Phi) is 3.17. The van der Waals surface area contributed by atoms with Gasteiger partial charge in [0, 0.05) is 16.2 Å². The predicted molar refractivity (Wildman–Crippen MR) is 76.3 cm³/mol. The quantitative estimate of drug-likeness (QED) is 0.628. The van der Waals surface area contributed by atoms with Crippen molar-refractivity contribution in [3.05, 3.63) is 22.7 Å². The Morgan fingerprint density at radius 2 is 1.61 bits per heavy atom. The molecule has 0 bridgehead atoms. The number of hydrogen-bond acceptors (Lipinski definition) is 3. The zero-order valence-corrected chi connectivity index (χ0v) is 12.3. The summed E-state index contributed by atoms with van der Waals surface area (Å²) in [5.74, 6) is 0. The van der Waals surface area contributed by atoms with Crippen molar-refractivity contribution in [2.45, 2.75) is 45.8 Å². The maximum Gasteiger partial charge on any atom is 0.497 e. The minimum absolute atomic E-state index is 0.375. The van der Waals surface area contributed by atoms with Crippen molar-refractivity contribution in [1.82, 2.24) is 0 Å². The second-order valence-corrected chi connectivity index (χ2v) is 6.25. The molecule has 1 heterocycles. The van der Waals surface area contributed by atoms with E-state index < -0.39 is 7.12 Å². The monoisotopic (exact) mass is 267 g/mol. The molecule has 1 saturated heterocycles. The molecule has 1 aliphatic heterocycles. The third-order valence-electron chi connectivity index (χ3n) is 3.89. The third-order valence-corrected chi connectivity index (χ3v) is 4.11. The van der Waals surface area contributed by atoms with Crippen molar-refractivity contribution in [1.29, 1.82) is 0 Å². The molecule has 0 unspecified atom stereocenters. The fraction of sp³-hybridized carbons (Fsp3) is 0.538. The summed E-state index contributed by atoms with van der Waals surface area (Å²) in [7, 11) is -0.465. The van der Waals surface area contributed by atoms with Crippen molar-refractivity contribution in [3.8, 4) is 0 Å². The van der Waals surface area contributed by atoms with E-state index in [-0.39, 0.29) is 11.2 Å². The fourth-order valence-electron chi connectivity index (χ4n) is 1.95. The number of halogens is 1. The second kappa shape index (κ2) is 4.15. The van der Waals surface area contributed by atoms with Gasteiger partial charge in [-0.1, -0.05) is 11.6 Å². The van der Waals surface area contributed by atoms with Crippen LogP contribution in [0.25, 0.3) is 0 Å². The van der Waals surface area contributed by atoms with E-state index >= 15 is 0 Å². The summed E-state index contributed by atoms with van der Waals surface area (Å²) in [5.41, 5.74) is 7.76. The Balaban J connectivity index is 2.41. The fourth-order valence-corrected chi connectivity index (χ4v) is 2.23. The van der Waals surface area contributed by atoms with Gasteiger partial charge in [0.1, 0.15) is 0 Å². The molecular formula is C13H19BClNO2. The van der Waals surface area contributed by atoms with Gasteiger partial charge in [-0.2, -0.15) is 0 Å². The van der Waals surface area contributed by atoms with Gasteiger partial charge in [-0.25, -0.2) is 0 Å². The van der Waals surface area contributed by atoms with E-state index in [2.05, 4.69) is 0 Å². The largest absolute Gasteiger partial charge is 0.497 e. The number of nitrogens with two attached hydrogens (primary N) is 1. The first-order chi connectivity index (χ1) is 8.14. The van der Waals surface area contributed by atoms with E-state index in [1.165, 1.54) is 0 Å². The lowest BCUT2D eigenvalue weighted by Crippen LogP contribution is -2.41. The van der Waals surface area contributed by atoms with Crippen LogP contribution >= 0.6 is 11.6 Å². The number of anilines is 1. The van der Waals surface area contributed by atoms with Crippen LogP contribution in [0.2, 0.25) is 5.02 Å². The zero-order chi connectivity index (χ0) is 13.7. The molecule has 0 atom stereocenters. The molecule has 1 aromatic carbocycles. The summed E-state index contributed by atoms with van der Waals surface area (Å²) >= 11 is 6.08. The summed E-state index contributed by atoms with van der Waals surface area (Å²) in [5, 5.41) is 0.645. The molecule has 2 rings (SSSR count). The van der Waals surface area contributed by atoms with E-state index in [1.807, 2.05) is 46.8 Å². The Hall–Kier alpha value is -0.705. The van der Waals surface area contributed by atoms with Gasteiger partial charge in [0.05, 0.1) is 11.2 Å². The molecule has 0 saturated carbocycles. The normalized spacial score (nSPS) is 21.3. The molecule has 0 radical (unpaired) electrons. The van der Waals surface area contributed by atoms with Gasteiger partial charge in [0.15, 0.2) is 0 Å². The van der Waals surface area contributed by atoms with Gasteiger partial charge in [0.2, 0.25) is 0 Å². The van der Waals surface area contributed by atoms with Crippen LogP contribution in [0.4, 0.5) is 5.69 Å². The van der Waals surface area contributed by atoms with Crippen LogP contribution in [0.15, 0.2) is 12.1 Å². The van der Waals surface area contributed by atoms with Gasteiger partial charge >= 0.3 is 7.12 Å². The first-order valence-electron chi connectivity index (χ1n) is 6.05. The van der Waals surface area contributed by atoms with Crippen molar-refractivity contribution in [2.75, 3.05) is 5.73 Å². The van der Waals surface area contributed by atoms with Crippen molar-refractivity contribution < 1.29 is 9.31 Å². The lowest BCUT2D eigenvalue weighted by molar-refractivity contribution is 0.00578. The molecule has 0 aromatic heterocycles. The molecule has 98 valence electrons. The highest BCUT2D eigenvalue weighted by Gasteiger charge is 2.52. The van der Waals surface area contributed by atoms with Crippen LogP contribution in [-0.4, -0.2) is 18.3 Å². The Bertz CT molecular complexity index is 472. The van der Waals surface area contributed by atoms with E-state index in [4.69, 9.17) is 26.6 Å². The average Bonchev–Trinajstić information content (AvgIpc) is 2.42. The highest BCUT2D eigenvalue weighted by Crippen LogP contribution is 2.37. The summed E-state index contributed by atoms with van der Waals surface area (Å²) in [6.45, 7) is 9.98. The Morgan fingerprint density at radius 1 is 1.11 bits per heavy atom. The SMILES string of the molecule is Cc1cc(Cl)cc(B2OC(C)(C)C(C)(C)O2)c1N. The standard InChI is InChI=1S/C13H19BClNO2/c1-8-6-9(15)7-10(11(8)16)14-17-12(2,3)13(4,5)18-14/h6-7H,16H2,1-5H3. The molecule has 0 spiro atoms. The maximum absolute atomic E-state index is 6.09. The molecular weight excluding hydrogens is 248 g/mol. The first-order valence-corrected chi connectivity index (χ1v) is 6.43. The number of hydrogen-bond donors (Lipinski definition) is 1. The molecule has 1 fully saturated rings. The maximum atomic E-state index is 6.09. The topological polar surface area (TPSA) is 44.5 Å². The number of rotatable bonds is 1. The van der Waals surface area contributed by atoms with E-state index in [1.54, 1.807) is 0 Å². The van der Waals surface area contributed by atoms with E-state index in [0.717, 1.165) is 11.0 Å². The molecule has 0 aliphatic carbocycles. The van der Waals surface area contributed by atoms with E-state index in [9.17, 15) is 0 Å². The average molecular weight is 268 g/mol. The smallest absolute Gasteiger partial charge is 0.399 e. The van der Waals surface area contributed by atoms with Gasteiger partial charge in [0.25, 0.3) is 0 Å². The summed E-state index contributed by atoms with van der Waals surface area (Å²) in [6, 6.07) is 3.65. The molecule has 2 N–H and O–H groups in total. The molecule has 1 aromatic rings. The number of aryl methyl sites for hydroxylation is 1. The number of benzene rings is 1. The van der Waals surface area contributed by atoms with Crippen LogP contribution in [0.1, 0.15) is 33.3 Å². The molecule has 5 heteroatoms. The molecule has 18 heavy (non-hydrogen) atoms.